The minimum atomic E-state index is -2.90. The zero-order chi connectivity index (χ0) is 17.5. The maximum atomic E-state index is 12.3. The number of halogens is 2. The Morgan fingerprint density at radius 3 is 2.92 bits per heavy atom. The lowest BCUT2D eigenvalue weighted by Crippen LogP contribution is -2.49. The number of hydrogen-bond donors (Lipinski definition) is 3. The van der Waals surface area contributed by atoms with E-state index in [-0.39, 0.29) is 11.7 Å². The second-order valence-electron chi connectivity index (χ2n) is 5.63. The summed E-state index contributed by atoms with van der Waals surface area (Å²) in [5, 5.41) is 8.08. The zero-order valence-corrected chi connectivity index (χ0v) is 13.4. The fourth-order valence-corrected chi connectivity index (χ4v) is 2.52. The fraction of sp³-hybridized carbons (Fsp3) is 0.500. The molecule has 0 saturated carbocycles. The standard InChI is InChI=1S/C16H21F2N3O3/c1-10(11-5-4-6-12(9-11)24-15(17)18)20-16(23)21-13-7-2-3-8-19-14(13)22/h4-6,9-10,13,15H,2-3,7-8H2,1H3,(H,19,22)(H2,20,21,23)/t10-,13+/m1/s1. The Labute approximate surface area is 138 Å². The highest BCUT2D eigenvalue weighted by Gasteiger charge is 2.23. The van der Waals surface area contributed by atoms with Crippen LogP contribution >= 0.6 is 0 Å². The number of rotatable bonds is 5. The Hall–Kier alpha value is -2.38. The minimum Gasteiger partial charge on any atom is -0.435 e. The van der Waals surface area contributed by atoms with Crippen LogP contribution in [0, 0.1) is 0 Å². The Morgan fingerprint density at radius 1 is 1.38 bits per heavy atom. The minimum absolute atomic E-state index is 0.0275. The van der Waals surface area contributed by atoms with Gasteiger partial charge in [-0.3, -0.25) is 4.79 Å². The Kier molecular flexibility index (Phi) is 6.34. The number of amides is 3. The maximum Gasteiger partial charge on any atom is 0.387 e. The largest absolute Gasteiger partial charge is 0.435 e. The van der Waals surface area contributed by atoms with E-state index in [9.17, 15) is 18.4 Å². The van der Waals surface area contributed by atoms with Gasteiger partial charge in [-0.1, -0.05) is 12.1 Å². The van der Waals surface area contributed by atoms with Crippen LogP contribution in [0.3, 0.4) is 0 Å². The lowest BCUT2D eigenvalue weighted by atomic mass is 10.1. The average molecular weight is 341 g/mol. The predicted octanol–water partition coefficient (Wildman–Crippen LogP) is 2.32. The molecule has 132 valence electrons. The van der Waals surface area contributed by atoms with Gasteiger partial charge in [0.2, 0.25) is 5.91 Å². The number of urea groups is 1. The number of nitrogens with one attached hydrogen (secondary N) is 3. The highest BCUT2D eigenvalue weighted by atomic mass is 19.3. The first-order chi connectivity index (χ1) is 11.5. The molecule has 0 aliphatic carbocycles. The monoisotopic (exact) mass is 341 g/mol. The van der Waals surface area contributed by atoms with E-state index in [1.165, 1.54) is 12.1 Å². The van der Waals surface area contributed by atoms with Crippen LogP contribution in [0.25, 0.3) is 0 Å². The molecule has 1 aromatic carbocycles. The molecule has 1 fully saturated rings. The van der Waals surface area contributed by atoms with Crippen molar-refractivity contribution in [3.63, 3.8) is 0 Å². The van der Waals surface area contributed by atoms with Gasteiger partial charge in [-0.15, -0.1) is 0 Å². The lowest BCUT2D eigenvalue weighted by Gasteiger charge is -2.19. The quantitative estimate of drug-likeness (QED) is 0.769. The molecule has 0 aromatic heterocycles. The van der Waals surface area contributed by atoms with E-state index in [4.69, 9.17) is 0 Å². The van der Waals surface area contributed by atoms with Gasteiger partial charge in [-0.05, 0) is 43.9 Å². The predicted molar refractivity (Wildman–Crippen MR) is 83.8 cm³/mol. The van der Waals surface area contributed by atoms with Crippen molar-refractivity contribution < 1.29 is 23.1 Å². The summed E-state index contributed by atoms with van der Waals surface area (Å²) in [5.74, 6) is -0.165. The molecule has 0 unspecified atom stereocenters. The van der Waals surface area contributed by atoms with Gasteiger partial charge < -0.3 is 20.7 Å². The summed E-state index contributed by atoms with van der Waals surface area (Å²) in [6.45, 7) is -0.569. The second-order valence-corrected chi connectivity index (χ2v) is 5.63. The van der Waals surface area contributed by atoms with Crippen LogP contribution in [-0.2, 0) is 4.79 Å². The second kappa shape index (κ2) is 8.47. The Balaban J connectivity index is 1.92. The van der Waals surface area contributed by atoms with E-state index in [1.807, 2.05) is 0 Å². The van der Waals surface area contributed by atoms with E-state index in [1.54, 1.807) is 19.1 Å². The zero-order valence-electron chi connectivity index (χ0n) is 13.4. The Morgan fingerprint density at radius 2 is 2.17 bits per heavy atom. The van der Waals surface area contributed by atoms with E-state index in [0.717, 1.165) is 12.8 Å². The molecule has 3 amide bonds. The molecule has 1 aliphatic heterocycles. The molecule has 0 spiro atoms. The lowest BCUT2D eigenvalue weighted by molar-refractivity contribution is -0.122. The topological polar surface area (TPSA) is 79.5 Å². The van der Waals surface area contributed by atoms with E-state index >= 15 is 0 Å². The van der Waals surface area contributed by atoms with Crippen molar-refractivity contribution in [3.05, 3.63) is 29.8 Å². The van der Waals surface area contributed by atoms with Crippen molar-refractivity contribution >= 4 is 11.9 Å². The van der Waals surface area contributed by atoms with Gasteiger partial charge in [0.1, 0.15) is 11.8 Å². The summed E-state index contributed by atoms with van der Waals surface area (Å²) < 4.78 is 28.9. The van der Waals surface area contributed by atoms with Crippen LogP contribution in [0.2, 0.25) is 0 Å². The van der Waals surface area contributed by atoms with Gasteiger partial charge in [0.15, 0.2) is 0 Å². The third kappa shape index (κ3) is 5.36. The molecule has 1 aromatic rings. The number of hydrogen-bond acceptors (Lipinski definition) is 3. The smallest absolute Gasteiger partial charge is 0.387 e. The number of carbonyl (C=O) groups excluding carboxylic acids is 2. The molecule has 0 radical (unpaired) electrons. The van der Waals surface area contributed by atoms with Crippen LogP contribution < -0.4 is 20.7 Å². The van der Waals surface area contributed by atoms with Crippen LogP contribution in [0.15, 0.2) is 24.3 Å². The van der Waals surface area contributed by atoms with Gasteiger partial charge in [-0.2, -0.15) is 8.78 Å². The Bertz CT molecular complexity index is 583. The fourth-order valence-electron chi connectivity index (χ4n) is 2.52. The summed E-state index contributed by atoms with van der Waals surface area (Å²) in [7, 11) is 0. The van der Waals surface area contributed by atoms with Gasteiger partial charge in [-0.25, -0.2) is 4.79 Å². The normalized spacial score (nSPS) is 19.2. The molecular weight excluding hydrogens is 320 g/mol. The van der Waals surface area contributed by atoms with Crippen molar-refractivity contribution in [2.75, 3.05) is 6.54 Å². The number of carbonyl (C=O) groups is 2. The van der Waals surface area contributed by atoms with Gasteiger partial charge in [0, 0.05) is 6.54 Å². The van der Waals surface area contributed by atoms with E-state index in [0.29, 0.717) is 18.5 Å². The summed E-state index contributed by atoms with van der Waals surface area (Å²) >= 11 is 0. The molecule has 24 heavy (non-hydrogen) atoms. The molecule has 3 N–H and O–H groups in total. The van der Waals surface area contributed by atoms with Crippen LogP contribution in [0.4, 0.5) is 13.6 Å². The summed E-state index contributed by atoms with van der Waals surface area (Å²) in [4.78, 5) is 23.9. The van der Waals surface area contributed by atoms with Gasteiger partial charge in [0.05, 0.1) is 6.04 Å². The SMILES string of the molecule is C[C@@H](NC(=O)N[C@H]1CCCCNC1=O)c1cccc(OC(F)F)c1. The summed E-state index contributed by atoms with van der Waals surface area (Å²) in [6, 6.07) is 4.65. The number of alkyl halides is 2. The first kappa shape index (κ1) is 18.0. The van der Waals surface area contributed by atoms with Crippen LogP contribution in [0.1, 0.15) is 37.8 Å². The molecule has 0 bridgehead atoms. The van der Waals surface area contributed by atoms with E-state index < -0.39 is 24.7 Å². The molecule has 1 aliphatic rings. The summed E-state index contributed by atoms with van der Waals surface area (Å²) in [6.07, 6.45) is 2.33. The first-order valence-corrected chi connectivity index (χ1v) is 7.85. The third-order valence-electron chi connectivity index (χ3n) is 3.77. The van der Waals surface area contributed by atoms with Crippen molar-refractivity contribution in [2.24, 2.45) is 0 Å². The van der Waals surface area contributed by atoms with Crippen molar-refractivity contribution in [2.45, 2.75) is 44.9 Å². The van der Waals surface area contributed by atoms with Crippen molar-refractivity contribution in [3.8, 4) is 5.75 Å². The first-order valence-electron chi connectivity index (χ1n) is 7.85. The third-order valence-corrected chi connectivity index (χ3v) is 3.77. The van der Waals surface area contributed by atoms with E-state index in [2.05, 4.69) is 20.7 Å². The highest BCUT2D eigenvalue weighted by Crippen LogP contribution is 2.20. The van der Waals surface area contributed by atoms with Crippen molar-refractivity contribution in [1.29, 1.82) is 0 Å². The molecule has 2 atom stereocenters. The molecular formula is C16H21F2N3O3. The van der Waals surface area contributed by atoms with Gasteiger partial charge >= 0.3 is 12.6 Å². The summed E-state index contributed by atoms with van der Waals surface area (Å²) in [5.41, 5.74) is 0.619. The highest BCUT2D eigenvalue weighted by molar-refractivity contribution is 5.87. The van der Waals surface area contributed by atoms with Crippen molar-refractivity contribution in [1.82, 2.24) is 16.0 Å². The molecule has 8 heteroatoms. The molecule has 2 rings (SSSR count). The molecule has 1 saturated heterocycles. The number of benzene rings is 1. The molecule has 1 heterocycles. The average Bonchev–Trinajstić information content (AvgIpc) is 2.72. The molecule has 6 nitrogen and oxygen atoms in total. The van der Waals surface area contributed by atoms with Crippen LogP contribution in [0.5, 0.6) is 5.75 Å². The van der Waals surface area contributed by atoms with Gasteiger partial charge in [0.25, 0.3) is 0 Å². The van der Waals surface area contributed by atoms with Crippen LogP contribution in [-0.4, -0.2) is 31.1 Å². The number of ether oxygens (including phenoxy) is 1. The maximum absolute atomic E-state index is 12.3.